The van der Waals surface area contributed by atoms with Gasteiger partial charge >= 0.3 is 6.18 Å². The van der Waals surface area contributed by atoms with Gasteiger partial charge in [-0.2, -0.15) is 13.2 Å². The molecule has 2 aromatic heterocycles. The summed E-state index contributed by atoms with van der Waals surface area (Å²) in [5.41, 5.74) is 0.758. The minimum absolute atomic E-state index is 0.185. The molecule has 8 heteroatoms. The summed E-state index contributed by atoms with van der Waals surface area (Å²) in [5, 5.41) is 3.08. The van der Waals surface area contributed by atoms with Gasteiger partial charge in [0.25, 0.3) is 0 Å². The van der Waals surface area contributed by atoms with Gasteiger partial charge in [0.05, 0.1) is 0 Å². The topological polar surface area (TPSA) is 55.6 Å². The summed E-state index contributed by atoms with van der Waals surface area (Å²) in [5.74, 6) is -0.170. The van der Waals surface area contributed by atoms with E-state index in [1.807, 2.05) is 11.5 Å². The van der Waals surface area contributed by atoms with Crippen molar-refractivity contribution < 1.29 is 13.2 Å². The number of nitrogens with one attached hydrogen (secondary N) is 1. The second-order valence-electron chi connectivity index (χ2n) is 6.45. The van der Waals surface area contributed by atoms with Crippen LogP contribution in [0.15, 0.2) is 0 Å². The van der Waals surface area contributed by atoms with Crippen molar-refractivity contribution in [3.05, 3.63) is 11.6 Å². The lowest BCUT2D eigenvalue weighted by Gasteiger charge is -2.15. The van der Waals surface area contributed by atoms with Crippen molar-refractivity contribution in [3.63, 3.8) is 0 Å². The van der Waals surface area contributed by atoms with Crippen molar-refractivity contribution in [3.8, 4) is 0 Å². The molecule has 0 aliphatic heterocycles. The van der Waals surface area contributed by atoms with Crippen molar-refractivity contribution >= 4 is 17.0 Å². The van der Waals surface area contributed by atoms with Crippen molar-refractivity contribution in [1.82, 2.24) is 19.5 Å². The van der Waals surface area contributed by atoms with Gasteiger partial charge in [0.2, 0.25) is 5.82 Å². The van der Waals surface area contributed by atoms with Gasteiger partial charge in [-0.25, -0.2) is 15.0 Å². The van der Waals surface area contributed by atoms with Gasteiger partial charge < -0.3 is 9.88 Å². The summed E-state index contributed by atoms with van der Waals surface area (Å²) in [6.45, 7) is 1.83. The molecular weight excluding hydrogens is 307 g/mol. The van der Waals surface area contributed by atoms with Crippen LogP contribution in [-0.2, 0) is 6.18 Å². The van der Waals surface area contributed by atoms with Crippen molar-refractivity contribution in [2.24, 2.45) is 0 Å². The molecule has 0 bridgehead atoms. The van der Waals surface area contributed by atoms with Crippen LogP contribution in [0.4, 0.5) is 19.0 Å². The molecule has 0 unspecified atom stereocenters. The third kappa shape index (κ3) is 2.64. The average Bonchev–Trinajstić information content (AvgIpc) is 3.00. The van der Waals surface area contributed by atoms with E-state index in [9.17, 15) is 13.2 Å². The lowest BCUT2D eigenvalue weighted by Crippen LogP contribution is -2.16. The molecule has 0 spiro atoms. The van der Waals surface area contributed by atoms with E-state index in [0.29, 0.717) is 17.0 Å². The predicted octanol–water partition coefficient (Wildman–Crippen LogP) is 3.84. The number of aromatic nitrogens is 4. The second-order valence-corrected chi connectivity index (χ2v) is 6.45. The first kappa shape index (κ1) is 14.7. The molecule has 5 nitrogen and oxygen atoms in total. The van der Waals surface area contributed by atoms with Crippen molar-refractivity contribution in [2.75, 3.05) is 5.32 Å². The van der Waals surface area contributed by atoms with Gasteiger partial charge in [-0.15, -0.1) is 0 Å². The molecule has 2 aliphatic rings. The maximum Gasteiger partial charge on any atom is 0.451 e. The standard InChI is InChI=1S/C15H18F3N5/c1-8-19-11-12(20-9-6-7-9)21-14(15(16,17)18)22-13(11)23(8)10-4-2-3-5-10/h9-10H,2-7H2,1H3,(H,20,21,22). The lowest BCUT2D eigenvalue weighted by atomic mass is 10.2. The molecular formula is C15H18F3N5. The summed E-state index contributed by atoms with van der Waals surface area (Å²) < 4.78 is 41.4. The third-order valence-corrected chi connectivity index (χ3v) is 4.58. The van der Waals surface area contributed by atoms with Gasteiger partial charge in [-0.3, -0.25) is 0 Å². The van der Waals surface area contributed by atoms with Crippen LogP contribution in [0, 0.1) is 6.92 Å². The van der Waals surface area contributed by atoms with Gasteiger partial charge in [0.1, 0.15) is 5.82 Å². The molecule has 0 radical (unpaired) electrons. The van der Waals surface area contributed by atoms with E-state index < -0.39 is 12.0 Å². The van der Waals surface area contributed by atoms with Crippen LogP contribution in [0.2, 0.25) is 0 Å². The number of hydrogen-bond acceptors (Lipinski definition) is 4. The van der Waals surface area contributed by atoms with E-state index >= 15 is 0 Å². The number of hydrogen-bond donors (Lipinski definition) is 1. The number of rotatable bonds is 3. The highest BCUT2D eigenvalue weighted by molar-refractivity contribution is 5.84. The minimum Gasteiger partial charge on any atom is -0.365 e. The number of alkyl halides is 3. The molecule has 1 N–H and O–H groups in total. The summed E-state index contributed by atoms with van der Waals surface area (Å²) in [4.78, 5) is 12.0. The van der Waals surface area contributed by atoms with E-state index in [2.05, 4.69) is 20.3 Å². The quantitative estimate of drug-likeness (QED) is 0.931. The highest BCUT2D eigenvalue weighted by atomic mass is 19.4. The van der Waals surface area contributed by atoms with Crippen LogP contribution in [-0.4, -0.2) is 25.6 Å². The van der Waals surface area contributed by atoms with E-state index in [0.717, 1.165) is 38.5 Å². The second kappa shape index (κ2) is 5.07. The predicted molar refractivity (Wildman–Crippen MR) is 79.2 cm³/mol. The summed E-state index contributed by atoms with van der Waals surface area (Å²) in [6.07, 6.45) is 1.45. The molecule has 4 rings (SSSR count). The highest BCUT2D eigenvalue weighted by Gasteiger charge is 2.37. The number of imidazole rings is 1. The molecule has 2 saturated carbocycles. The van der Waals surface area contributed by atoms with E-state index in [1.165, 1.54) is 0 Å². The molecule has 0 saturated heterocycles. The van der Waals surface area contributed by atoms with Crippen LogP contribution < -0.4 is 5.32 Å². The van der Waals surface area contributed by atoms with Gasteiger partial charge in [-0.05, 0) is 32.6 Å². The van der Waals surface area contributed by atoms with Gasteiger partial charge in [0.15, 0.2) is 17.0 Å². The zero-order chi connectivity index (χ0) is 16.2. The van der Waals surface area contributed by atoms with E-state index in [-0.39, 0.29) is 17.9 Å². The first-order valence-electron chi connectivity index (χ1n) is 8.04. The molecule has 2 aliphatic carbocycles. The average molecular weight is 325 g/mol. The smallest absolute Gasteiger partial charge is 0.365 e. The number of halogens is 3. The SMILES string of the molecule is Cc1nc2c(NC3CC3)nc(C(F)(F)F)nc2n1C1CCCC1. The first-order chi connectivity index (χ1) is 10.9. The summed E-state index contributed by atoms with van der Waals surface area (Å²) in [6, 6.07) is 0.385. The molecule has 0 atom stereocenters. The maximum atomic E-state index is 13.2. The third-order valence-electron chi connectivity index (χ3n) is 4.58. The Balaban J connectivity index is 1.90. The number of aryl methyl sites for hydroxylation is 1. The molecule has 0 amide bonds. The molecule has 2 heterocycles. The molecule has 124 valence electrons. The minimum atomic E-state index is -4.56. The normalized spacial score (nSPS) is 19.7. The molecule has 23 heavy (non-hydrogen) atoms. The molecule has 2 fully saturated rings. The molecule has 2 aromatic rings. The van der Waals surface area contributed by atoms with Crippen LogP contribution >= 0.6 is 0 Å². The Hall–Kier alpha value is -1.86. The van der Waals surface area contributed by atoms with E-state index in [4.69, 9.17) is 0 Å². The number of fused-ring (bicyclic) bond motifs is 1. The van der Waals surface area contributed by atoms with Crippen LogP contribution in [0.1, 0.15) is 56.2 Å². The Kier molecular flexibility index (Phi) is 3.24. The van der Waals surface area contributed by atoms with Crippen molar-refractivity contribution in [2.45, 2.75) is 63.7 Å². The summed E-state index contributed by atoms with van der Waals surface area (Å²) >= 11 is 0. The Morgan fingerprint density at radius 3 is 2.35 bits per heavy atom. The van der Waals surface area contributed by atoms with Gasteiger partial charge in [0, 0.05) is 12.1 Å². The zero-order valence-electron chi connectivity index (χ0n) is 12.8. The highest BCUT2D eigenvalue weighted by Crippen LogP contribution is 2.37. The maximum absolute atomic E-state index is 13.2. The van der Waals surface area contributed by atoms with Gasteiger partial charge in [-0.1, -0.05) is 12.8 Å². The lowest BCUT2D eigenvalue weighted by molar-refractivity contribution is -0.144. The fraction of sp³-hybridized carbons (Fsp3) is 0.667. The monoisotopic (exact) mass is 325 g/mol. The summed E-state index contributed by atoms with van der Waals surface area (Å²) in [7, 11) is 0. The van der Waals surface area contributed by atoms with Crippen LogP contribution in [0.3, 0.4) is 0 Å². The largest absolute Gasteiger partial charge is 0.451 e. The zero-order valence-corrected chi connectivity index (χ0v) is 12.8. The van der Waals surface area contributed by atoms with Crippen LogP contribution in [0.25, 0.3) is 11.2 Å². The van der Waals surface area contributed by atoms with Crippen LogP contribution in [0.5, 0.6) is 0 Å². The Labute approximate surface area is 131 Å². The first-order valence-corrected chi connectivity index (χ1v) is 8.04. The Morgan fingerprint density at radius 2 is 1.74 bits per heavy atom. The van der Waals surface area contributed by atoms with E-state index in [1.54, 1.807) is 0 Å². The van der Waals surface area contributed by atoms with Crippen molar-refractivity contribution in [1.29, 1.82) is 0 Å². The fourth-order valence-electron chi connectivity index (χ4n) is 3.33. The Morgan fingerprint density at radius 1 is 1.04 bits per heavy atom. The Bertz CT molecular complexity index is 742. The number of nitrogens with zero attached hydrogens (tertiary/aromatic N) is 4. The fourth-order valence-corrected chi connectivity index (χ4v) is 3.33. The molecule has 0 aromatic carbocycles. The number of anilines is 1.